The van der Waals surface area contributed by atoms with Crippen LogP contribution in [0.5, 0.6) is 0 Å². The summed E-state index contributed by atoms with van der Waals surface area (Å²) in [5.41, 5.74) is 6.26. The molecule has 0 fully saturated rings. The second-order valence-corrected chi connectivity index (χ2v) is 5.01. The Morgan fingerprint density at radius 3 is 2.50 bits per heavy atom. The molecule has 2 N–H and O–H groups in total. The summed E-state index contributed by atoms with van der Waals surface area (Å²) in [5, 5.41) is 0. The predicted molar refractivity (Wildman–Crippen MR) is 72.7 cm³/mol. The molecule has 0 saturated carbocycles. The van der Waals surface area contributed by atoms with E-state index in [1.54, 1.807) is 12.1 Å². The van der Waals surface area contributed by atoms with Gasteiger partial charge in [-0.25, -0.2) is 13.6 Å². The summed E-state index contributed by atoms with van der Waals surface area (Å²) in [6.45, 7) is 0. The van der Waals surface area contributed by atoms with Crippen LogP contribution in [0.1, 0.15) is 10.4 Å². The minimum atomic E-state index is -0.692. The number of methoxy groups -OCH3 is 1. The monoisotopic (exact) mass is 295 g/mol. The van der Waals surface area contributed by atoms with E-state index in [4.69, 9.17) is 5.73 Å². The van der Waals surface area contributed by atoms with Crippen LogP contribution < -0.4 is 5.73 Å². The quantitative estimate of drug-likeness (QED) is 0.695. The summed E-state index contributed by atoms with van der Waals surface area (Å²) in [5.74, 6) is -1.91. The van der Waals surface area contributed by atoms with Gasteiger partial charge in [0.25, 0.3) is 0 Å². The summed E-state index contributed by atoms with van der Waals surface area (Å²) < 4.78 is 31.1. The lowest BCUT2D eigenvalue weighted by atomic mass is 10.2. The summed E-state index contributed by atoms with van der Waals surface area (Å²) >= 11 is 1.00. The Labute approximate surface area is 118 Å². The van der Waals surface area contributed by atoms with Gasteiger partial charge in [0.05, 0.1) is 12.7 Å². The number of nitrogen functional groups attached to an aromatic ring is 1. The normalized spacial score (nSPS) is 10.3. The molecule has 3 nitrogen and oxygen atoms in total. The van der Waals surface area contributed by atoms with Gasteiger partial charge in [0.2, 0.25) is 0 Å². The van der Waals surface area contributed by atoms with E-state index >= 15 is 0 Å². The Balaban J connectivity index is 2.40. The maximum Gasteiger partial charge on any atom is 0.339 e. The van der Waals surface area contributed by atoms with Crippen LogP contribution in [0.3, 0.4) is 0 Å². The van der Waals surface area contributed by atoms with Crippen LogP contribution in [-0.4, -0.2) is 13.1 Å². The molecule has 0 aromatic heterocycles. The number of carbonyl (C=O) groups is 1. The van der Waals surface area contributed by atoms with Gasteiger partial charge in [-0.2, -0.15) is 0 Å². The van der Waals surface area contributed by atoms with Gasteiger partial charge in [-0.15, -0.1) is 0 Å². The van der Waals surface area contributed by atoms with Gasteiger partial charge in [-0.1, -0.05) is 11.8 Å². The minimum Gasteiger partial charge on any atom is -0.465 e. The Hall–Kier alpha value is -2.08. The van der Waals surface area contributed by atoms with E-state index in [0.717, 1.165) is 23.9 Å². The number of nitrogens with two attached hydrogens (primary N) is 1. The number of esters is 1. The Morgan fingerprint density at radius 1 is 1.15 bits per heavy atom. The molecule has 0 radical (unpaired) electrons. The average Bonchev–Trinajstić information content (AvgIpc) is 2.42. The van der Waals surface area contributed by atoms with E-state index in [0.29, 0.717) is 10.6 Å². The number of rotatable bonds is 3. The van der Waals surface area contributed by atoms with E-state index in [-0.39, 0.29) is 10.5 Å². The van der Waals surface area contributed by atoms with Gasteiger partial charge in [0, 0.05) is 21.5 Å². The lowest BCUT2D eigenvalue weighted by molar-refractivity contribution is 0.0597. The molecule has 0 bridgehead atoms. The molecule has 0 aliphatic carbocycles. The molecule has 0 spiro atoms. The van der Waals surface area contributed by atoms with Crippen LogP contribution in [0.25, 0.3) is 0 Å². The number of hydrogen-bond donors (Lipinski definition) is 1. The van der Waals surface area contributed by atoms with Gasteiger partial charge >= 0.3 is 5.97 Å². The summed E-state index contributed by atoms with van der Waals surface area (Å²) in [6.07, 6.45) is 0. The van der Waals surface area contributed by atoms with Gasteiger partial charge in [-0.3, -0.25) is 0 Å². The van der Waals surface area contributed by atoms with Crippen LogP contribution in [0.4, 0.5) is 14.5 Å². The Kier molecular flexibility index (Phi) is 4.24. The number of halogens is 2. The zero-order valence-corrected chi connectivity index (χ0v) is 11.3. The van der Waals surface area contributed by atoms with Crippen LogP contribution in [0, 0.1) is 11.6 Å². The minimum absolute atomic E-state index is 0.210. The molecule has 0 saturated heterocycles. The van der Waals surface area contributed by atoms with Crippen molar-refractivity contribution in [2.75, 3.05) is 12.8 Å². The maximum absolute atomic E-state index is 13.6. The zero-order valence-electron chi connectivity index (χ0n) is 10.5. The number of anilines is 1. The molecule has 0 aliphatic rings. The topological polar surface area (TPSA) is 52.3 Å². The lowest BCUT2D eigenvalue weighted by Gasteiger charge is -2.09. The summed E-state index contributed by atoms with van der Waals surface area (Å²) in [7, 11) is 1.25. The number of ether oxygens (including phenoxy) is 1. The Morgan fingerprint density at radius 2 is 1.85 bits per heavy atom. The maximum atomic E-state index is 13.6. The molecule has 2 rings (SSSR count). The molecular weight excluding hydrogens is 284 g/mol. The smallest absolute Gasteiger partial charge is 0.339 e. The summed E-state index contributed by atoms with van der Waals surface area (Å²) in [6, 6.07) is 7.89. The highest BCUT2D eigenvalue weighted by Crippen LogP contribution is 2.33. The molecule has 20 heavy (non-hydrogen) atoms. The molecule has 0 unspecified atom stereocenters. The molecule has 0 aliphatic heterocycles. The first-order valence-electron chi connectivity index (χ1n) is 5.62. The zero-order chi connectivity index (χ0) is 14.7. The predicted octanol–water partition coefficient (Wildman–Crippen LogP) is 3.48. The molecule has 6 heteroatoms. The van der Waals surface area contributed by atoms with Gasteiger partial charge in [0.1, 0.15) is 11.6 Å². The Bertz CT molecular complexity index is 662. The third kappa shape index (κ3) is 3.08. The lowest BCUT2D eigenvalue weighted by Crippen LogP contribution is -2.04. The first kappa shape index (κ1) is 14.3. The second-order valence-electron chi connectivity index (χ2n) is 3.92. The van der Waals surface area contributed by atoms with Crippen molar-refractivity contribution in [3.63, 3.8) is 0 Å². The van der Waals surface area contributed by atoms with E-state index in [1.807, 2.05) is 0 Å². The number of carbonyl (C=O) groups excluding carboxylic acids is 1. The van der Waals surface area contributed by atoms with Crippen molar-refractivity contribution < 1.29 is 18.3 Å². The highest BCUT2D eigenvalue weighted by atomic mass is 32.2. The van der Waals surface area contributed by atoms with Gasteiger partial charge < -0.3 is 10.5 Å². The first-order valence-corrected chi connectivity index (χ1v) is 6.43. The standard InChI is InChI=1S/C14H11F2NO2S/c1-19-14(18)10-7-9(17)3-5-12(10)20-13-4-2-8(15)6-11(13)16/h2-7H,17H2,1H3. The molecule has 104 valence electrons. The molecular formula is C14H11F2NO2S. The third-order valence-corrected chi connectivity index (χ3v) is 3.65. The molecule has 0 atom stereocenters. The van der Waals surface area contributed by atoms with Crippen molar-refractivity contribution in [2.24, 2.45) is 0 Å². The highest BCUT2D eigenvalue weighted by Gasteiger charge is 2.15. The van der Waals surface area contributed by atoms with Gasteiger partial charge in [0.15, 0.2) is 0 Å². The van der Waals surface area contributed by atoms with Crippen molar-refractivity contribution in [2.45, 2.75) is 9.79 Å². The van der Waals surface area contributed by atoms with Crippen LogP contribution in [0.2, 0.25) is 0 Å². The first-order chi connectivity index (χ1) is 9.51. The fourth-order valence-electron chi connectivity index (χ4n) is 1.58. The van der Waals surface area contributed by atoms with Crippen molar-refractivity contribution in [3.05, 3.63) is 53.6 Å². The van der Waals surface area contributed by atoms with Crippen molar-refractivity contribution in [1.29, 1.82) is 0 Å². The van der Waals surface area contributed by atoms with Crippen molar-refractivity contribution in [3.8, 4) is 0 Å². The van der Waals surface area contributed by atoms with E-state index in [2.05, 4.69) is 4.74 Å². The van der Waals surface area contributed by atoms with E-state index in [9.17, 15) is 13.6 Å². The van der Waals surface area contributed by atoms with Crippen molar-refractivity contribution >= 4 is 23.4 Å². The van der Waals surface area contributed by atoms with Crippen LogP contribution in [0.15, 0.2) is 46.2 Å². The molecule has 2 aromatic rings. The highest BCUT2D eigenvalue weighted by molar-refractivity contribution is 7.99. The molecule has 0 amide bonds. The van der Waals surface area contributed by atoms with Gasteiger partial charge in [-0.05, 0) is 30.3 Å². The van der Waals surface area contributed by atoms with E-state index < -0.39 is 17.6 Å². The second kappa shape index (κ2) is 5.92. The SMILES string of the molecule is COC(=O)c1cc(N)ccc1Sc1ccc(F)cc1F. The van der Waals surface area contributed by atoms with Crippen LogP contribution >= 0.6 is 11.8 Å². The van der Waals surface area contributed by atoms with Crippen LogP contribution in [-0.2, 0) is 4.74 Å². The average molecular weight is 295 g/mol. The molecule has 0 heterocycles. The largest absolute Gasteiger partial charge is 0.465 e. The van der Waals surface area contributed by atoms with Crippen molar-refractivity contribution in [1.82, 2.24) is 0 Å². The number of hydrogen-bond acceptors (Lipinski definition) is 4. The van der Waals surface area contributed by atoms with E-state index in [1.165, 1.54) is 19.2 Å². The third-order valence-electron chi connectivity index (χ3n) is 2.52. The number of benzene rings is 2. The summed E-state index contributed by atoms with van der Waals surface area (Å²) in [4.78, 5) is 12.4. The molecule has 2 aromatic carbocycles. The fourth-order valence-corrected chi connectivity index (χ4v) is 2.50. The fraction of sp³-hybridized carbons (Fsp3) is 0.0714.